The molecule has 0 saturated heterocycles. The quantitative estimate of drug-likeness (QED) is 0.167. The van der Waals surface area contributed by atoms with Gasteiger partial charge < -0.3 is 10.6 Å². The van der Waals surface area contributed by atoms with Gasteiger partial charge in [0.05, 0.1) is 4.47 Å². The summed E-state index contributed by atoms with van der Waals surface area (Å²) >= 11 is 7.79. The van der Waals surface area contributed by atoms with E-state index in [1.165, 1.54) is 12.8 Å². The first kappa shape index (κ1) is 23.2. The minimum Gasteiger partial charge on any atom is -0.354 e. The Hall–Kier alpha value is -1.80. The predicted octanol–water partition coefficient (Wildman–Crippen LogP) is 5.33. The van der Waals surface area contributed by atoms with Gasteiger partial charge in [-0.2, -0.15) is 10.1 Å². The number of hydrogen-bond donors (Lipinski definition) is 4. The molecule has 1 aliphatic carbocycles. The van der Waals surface area contributed by atoms with E-state index in [0.29, 0.717) is 30.0 Å². The van der Waals surface area contributed by atoms with Gasteiger partial charge in [0.15, 0.2) is 5.82 Å². The fourth-order valence-electron chi connectivity index (χ4n) is 1.98. The van der Waals surface area contributed by atoms with E-state index < -0.39 is 0 Å². The monoisotopic (exact) mass is 452 g/mol. The summed E-state index contributed by atoms with van der Waals surface area (Å²) in [6, 6.07) is 0. The Morgan fingerprint density at radius 3 is 2.78 bits per heavy atom. The highest BCUT2D eigenvalue weighted by Crippen LogP contribution is 2.30. The Balaban J connectivity index is 0.00000176. The SMILES string of the molecule is C=C/C=C(\S)CCNc1ncc(Br)c(NC(=C)N/N=C(\C)C2CC2)n1.CC. The molecule has 2 rings (SSSR count). The smallest absolute Gasteiger partial charge is 0.224 e. The number of thiol groups is 1. The van der Waals surface area contributed by atoms with Crippen molar-refractivity contribution in [2.24, 2.45) is 11.0 Å². The van der Waals surface area contributed by atoms with Crippen molar-refractivity contribution < 1.29 is 0 Å². The summed E-state index contributed by atoms with van der Waals surface area (Å²) in [5.74, 6) is 2.31. The number of rotatable bonds is 10. The molecule has 1 aromatic rings. The number of nitrogens with one attached hydrogen (secondary N) is 3. The second-order valence-electron chi connectivity index (χ2n) is 5.70. The molecule has 1 fully saturated rings. The molecule has 1 aromatic heterocycles. The molecular formula is C19H29BrN6S. The minimum atomic E-state index is 0.524. The van der Waals surface area contributed by atoms with E-state index in [2.05, 4.69) is 72.8 Å². The molecule has 0 aliphatic heterocycles. The first-order chi connectivity index (χ1) is 13.0. The molecule has 0 bridgehead atoms. The van der Waals surface area contributed by atoms with E-state index in [-0.39, 0.29) is 0 Å². The summed E-state index contributed by atoms with van der Waals surface area (Å²) in [6.07, 6.45) is 8.47. The van der Waals surface area contributed by atoms with Crippen molar-refractivity contribution in [1.82, 2.24) is 15.4 Å². The highest BCUT2D eigenvalue weighted by molar-refractivity contribution is 9.10. The average molecular weight is 453 g/mol. The van der Waals surface area contributed by atoms with E-state index >= 15 is 0 Å². The largest absolute Gasteiger partial charge is 0.354 e. The van der Waals surface area contributed by atoms with Crippen LogP contribution in [0.25, 0.3) is 0 Å². The number of hydrazone groups is 1. The summed E-state index contributed by atoms with van der Waals surface area (Å²) in [7, 11) is 0. The van der Waals surface area contributed by atoms with Gasteiger partial charge in [-0.15, -0.1) is 12.6 Å². The van der Waals surface area contributed by atoms with Crippen LogP contribution in [0.15, 0.2) is 51.8 Å². The van der Waals surface area contributed by atoms with Crippen molar-refractivity contribution in [2.75, 3.05) is 17.2 Å². The highest BCUT2D eigenvalue weighted by atomic mass is 79.9. The fraction of sp³-hybridized carbons (Fsp3) is 0.421. The lowest BCUT2D eigenvalue weighted by Gasteiger charge is -2.12. The van der Waals surface area contributed by atoms with Crippen molar-refractivity contribution in [2.45, 2.75) is 40.0 Å². The maximum atomic E-state index is 4.44. The standard InChI is InChI=1S/C17H23BrN6S.C2H6/c1-4-5-14(25)8-9-19-17-20-10-15(18)16(22-17)21-12(3)24-23-11(2)13-6-7-13;1-2/h4-5,10,13,24-25H,1,3,6-9H2,2H3,(H2,19,20,21,22);1-2H3/b14-5-,23-11+;. The number of halogens is 1. The summed E-state index contributed by atoms with van der Waals surface area (Å²) < 4.78 is 0.741. The third kappa shape index (κ3) is 9.10. The number of anilines is 2. The zero-order valence-corrected chi connectivity index (χ0v) is 18.7. The molecular weight excluding hydrogens is 424 g/mol. The molecule has 3 N–H and O–H groups in total. The molecule has 8 heteroatoms. The van der Waals surface area contributed by atoms with Crippen LogP contribution in [0.2, 0.25) is 0 Å². The number of hydrogen-bond acceptors (Lipinski definition) is 7. The van der Waals surface area contributed by atoms with Crippen LogP contribution in [0.1, 0.15) is 40.0 Å². The van der Waals surface area contributed by atoms with Gasteiger partial charge in [0, 0.05) is 18.5 Å². The van der Waals surface area contributed by atoms with Gasteiger partial charge in [-0.1, -0.05) is 39.2 Å². The zero-order valence-electron chi connectivity index (χ0n) is 16.2. The molecule has 0 unspecified atom stereocenters. The normalized spacial score (nSPS) is 14.0. The maximum absolute atomic E-state index is 4.44. The van der Waals surface area contributed by atoms with Crippen LogP contribution in [0.3, 0.4) is 0 Å². The Kier molecular flexibility index (Phi) is 10.8. The van der Waals surface area contributed by atoms with Gasteiger partial charge in [-0.05, 0) is 52.9 Å². The second-order valence-corrected chi connectivity index (χ2v) is 7.13. The first-order valence-corrected chi connectivity index (χ1v) is 10.3. The fourth-order valence-corrected chi connectivity index (χ4v) is 2.49. The molecule has 0 radical (unpaired) electrons. The van der Waals surface area contributed by atoms with Crippen LogP contribution in [-0.2, 0) is 0 Å². The number of nitrogens with zero attached hydrogens (tertiary/aromatic N) is 3. The van der Waals surface area contributed by atoms with Crippen molar-refractivity contribution in [1.29, 1.82) is 0 Å². The summed E-state index contributed by atoms with van der Waals surface area (Å²) in [4.78, 5) is 9.62. The Bertz CT molecular complexity index is 697. The Morgan fingerprint density at radius 2 is 2.15 bits per heavy atom. The lowest BCUT2D eigenvalue weighted by molar-refractivity contribution is 0.877. The molecule has 6 nitrogen and oxygen atoms in total. The van der Waals surface area contributed by atoms with E-state index in [0.717, 1.165) is 21.5 Å². The average Bonchev–Trinajstić information content (AvgIpc) is 3.49. The Morgan fingerprint density at radius 1 is 1.44 bits per heavy atom. The lowest BCUT2D eigenvalue weighted by Crippen LogP contribution is -2.17. The van der Waals surface area contributed by atoms with Crippen LogP contribution < -0.4 is 16.1 Å². The summed E-state index contributed by atoms with van der Waals surface area (Å²) in [6.45, 7) is 14.3. The van der Waals surface area contributed by atoms with Crippen LogP contribution in [0.5, 0.6) is 0 Å². The molecule has 0 aromatic carbocycles. The number of allylic oxidation sites excluding steroid dienone is 2. The summed E-state index contributed by atoms with van der Waals surface area (Å²) in [5.41, 5.74) is 4.02. The minimum absolute atomic E-state index is 0.524. The van der Waals surface area contributed by atoms with Crippen molar-refractivity contribution in [3.05, 3.63) is 46.7 Å². The molecule has 1 heterocycles. The van der Waals surface area contributed by atoms with E-state index in [1.807, 2.05) is 26.8 Å². The van der Waals surface area contributed by atoms with Gasteiger partial charge in [0.25, 0.3) is 0 Å². The zero-order chi connectivity index (χ0) is 20.2. The molecule has 1 saturated carbocycles. The first-order valence-electron chi connectivity index (χ1n) is 9.02. The van der Waals surface area contributed by atoms with E-state index in [1.54, 1.807) is 12.3 Å². The molecule has 27 heavy (non-hydrogen) atoms. The van der Waals surface area contributed by atoms with Crippen molar-refractivity contribution >= 4 is 46.0 Å². The van der Waals surface area contributed by atoms with Gasteiger partial charge in [0.2, 0.25) is 5.95 Å². The third-order valence-electron chi connectivity index (χ3n) is 3.52. The molecule has 0 atom stereocenters. The maximum Gasteiger partial charge on any atom is 0.224 e. The molecule has 0 spiro atoms. The second kappa shape index (κ2) is 12.6. The molecule has 148 valence electrons. The van der Waals surface area contributed by atoms with Gasteiger partial charge >= 0.3 is 0 Å². The van der Waals surface area contributed by atoms with Crippen LogP contribution in [0, 0.1) is 5.92 Å². The Labute approximate surface area is 176 Å². The van der Waals surface area contributed by atoms with Gasteiger partial charge in [-0.3, -0.25) is 5.43 Å². The van der Waals surface area contributed by atoms with Crippen molar-refractivity contribution in [3.63, 3.8) is 0 Å². The predicted molar refractivity (Wildman–Crippen MR) is 123 cm³/mol. The topological polar surface area (TPSA) is 74.2 Å². The van der Waals surface area contributed by atoms with Crippen LogP contribution in [0.4, 0.5) is 11.8 Å². The van der Waals surface area contributed by atoms with E-state index in [4.69, 9.17) is 0 Å². The highest BCUT2D eigenvalue weighted by Gasteiger charge is 2.24. The van der Waals surface area contributed by atoms with Gasteiger partial charge in [0.1, 0.15) is 5.82 Å². The molecule has 1 aliphatic rings. The van der Waals surface area contributed by atoms with Gasteiger partial charge in [-0.25, -0.2) is 4.98 Å². The van der Waals surface area contributed by atoms with E-state index in [9.17, 15) is 0 Å². The van der Waals surface area contributed by atoms with Crippen LogP contribution in [-0.4, -0.2) is 22.2 Å². The number of aromatic nitrogens is 2. The molecule has 0 amide bonds. The lowest BCUT2D eigenvalue weighted by atomic mass is 10.3. The van der Waals surface area contributed by atoms with Crippen LogP contribution >= 0.6 is 28.6 Å². The van der Waals surface area contributed by atoms with Crippen molar-refractivity contribution in [3.8, 4) is 0 Å². The summed E-state index contributed by atoms with van der Waals surface area (Å²) in [5, 5.41) is 10.6. The third-order valence-corrected chi connectivity index (χ3v) is 4.48.